The Hall–Kier alpha value is -2.07. The van der Waals surface area contributed by atoms with Crippen molar-refractivity contribution in [2.75, 3.05) is 0 Å². The maximum Gasteiger partial charge on any atom is 0.196 e. The average molecular weight is 331 g/mol. The number of benzene rings is 2. The van der Waals surface area contributed by atoms with E-state index in [1.165, 1.54) is 12.3 Å². The molecule has 0 fully saturated rings. The lowest BCUT2D eigenvalue weighted by Crippen LogP contribution is -2.03. The van der Waals surface area contributed by atoms with Crippen LogP contribution in [-0.2, 0) is 6.61 Å². The van der Waals surface area contributed by atoms with Crippen molar-refractivity contribution in [1.29, 1.82) is 0 Å². The van der Waals surface area contributed by atoms with Crippen LogP contribution < -0.4 is 10.2 Å². The van der Waals surface area contributed by atoms with Gasteiger partial charge in [0.25, 0.3) is 0 Å². The van der Waals surface area contributed by atoms with Crippen LogP contribution in [0.3, 0.4) is 0 Å². The lowest BCUT2D eigenvalue weighted by Gasteiger charge is -2.08. The van der Waals surface area contributed by atoms with E-state index in [1.807, 2.05) is 30.3 Å². The molecule has 1 heterocycles. The van der Waals surface area contributed by atoms with Gasteiger partial charge in [0.05, 0.1) is 6.26 Å². The van der Waals surface area contributed by atoms with E-state index >= 15 is 0 Å². The molecule has 0 aliphatic carbocycles. The quantitative estimate of drug-likeness (QED) is 0.724. The molecule has 0 aliphatic rings. The zero-order chi connectivity index (χ0) is 13.9. The highest BCUT2D eigenvalue weighted by Crippen LogP contribution is 2.23. The normalized spacial score (nSPS) is 10.7. The third kappa shape index (κ3) is 2.60. The molecular formula is C16H11BrO3. The van der Waals surface area contributed by atoms with Crippen LogP contribution in [0.1, 0.15) is 5.56 Å². The van der Waals surface area contributed by atoms with Gasteiger partial charge in [-0.15, -0.1) is 0 Å². The molecule has 0 amide bonds. The Morgan fingerprint density at radius 1 is 1.05 bits per heavy atom. The minimum Gasteiger partial charge on any atom is -0.488 e. The SMILES string of the molecule is O=c1ccoc2cccc(OCc3ccc(Br)cc3)c12. The van der Waals surface area contributed by atoms with Crippen LogP contribution in [0.15, 0.2) is 68.5 Å². The summed E-state index contributed by atoms with van der Waals surface area (Å²) in [7, 11) is 0. The van der Waals surface area contributed by atoms with E-state index in [-0.39, 0.29) is 5.43 Å². The van der Waals surface area contributed by atoms with E-state index in [0.29, 0.717) is 23.3 Å². The highest BCUT2D eigenvalue weighted by atomic mass is 79.9. The third-order valence-electron chi connectivity index (χ3n) is 2.96. The molecule has 0 unspecified atom stereocenters. The van der Waals surface area contributed by atoms with Gasteiger partial charge < -0.3 is 9.15 Å². The van der Waals surface area contributed by atoms with Crippen molar-refractivity contribution >= 4 is 26.9 Å². The Morgan fingerprint density at radius 2 is 1.85 bits per heavy atom. The molecule has 0 radical (unpaired) electrons. The molecule has 0 N–H and O–H groups in total. The summed E-state index contributed by atoms with van der Waals surface area (Å²) >= 11 is 3.39. The molecule has 2 aromatic carbocycles. The number of fused-ring (bicyclic) bond motifs is 1. The van der Waals surface area contributed by atoms with Crippen LogP contribution in [-0.4, -0.2) is 0 Å². The molecule has 0 atom stereocenters. The Bertz CT molecular complexity index is 785. The minimum atomic E-state index is -0.0994. The predicted molar refractivity (Wildman–Crippen MR) is 81.0 cm³/mol. The van der Waals surface area contributed by atoms with Gasteiger partial charge in [0.2, 0.25) is 0 Å². The molecule has 3 nitrogen and oxygen atoms in total. The predicted octanol–water partition coefficient (Wildman–Crippen LogP) is 4.13. The van der Waals surface area contributed by atoms with Crippen LogP contribution in [0.5, 0.6) is 5.75 Å². The number of halogens is 1. The topological polar surface area (TPSA) is 39.4 Å². The molecule has 0 saturated heterocycles. The lowest BCUT2D eigenvalue weighted by molar-refractivity contribution is 0.309. The summed E-state index contributed by atoms with van der Waals surface area (Å²) < 4.78 is 12.1. The molecule has 3 rings (SSSR count). The monoisotopic (exact) mass is 330 g/mol. The second kappa shape index (κ2) is 5.51. The molecule has 3 aromatic rings. The minimum absolute atomic E-state index is 0.0994. The van der Waals surface area contributed by atoms with E-state index in [2.05, 4.69) is 15.9 Å². The summed E-state index contributed by atoms with van der Waals surface area (Å²) in [4.78, 5) is 11.9. The van der Waals surface area contributed by atoms with Gasteiger partial charge in [-0.25, -0.2) is 0 Å². The summed E-state index contributed by atoms with van der Waals surface area (Å²) in [6, 6.07) is 14.6. The third-order valence-corrected chi connectivity index (χ3v) is 3.49. The van der Waals surface area contributed by atoms with Crippen molar-refractivity contribution < 1.29 is 9.15 Å². The summed E-state index contributed by atoms with van der Waals surface area (Å²) in [6.07, 6.45) is 1.39. The number of hydrogen-bond donors (Lipinski definition) is 0. The molecule has 0 aliphatic heterocycles. The smallest absolute Gasteiger partial charge is 0.196 e. The highest BCUT2D eigenvalue weighted by Gasteiger charge is 2.07. The maximum atomic E-state index is 11.9. The van der Waals surface area contributed by atoms with Crippen molar-refractivity contribution in [3.8, 4) is 5.75 Å². The Kier molecular flexibility index (Phi) is 3.56. The second-order valence-electron chi connectivity index (χ2n) is 4.33. The Labute approximate surface area is 123 Å². The van der Waals surface area contributed by atoms with Crippen LogP contribution in [0.2, 0.25) is 0 Å². The van der Waals surface area contributed by atoms with Crippen LogP contribution in [0, 0.1) is 0 Å². The lowest BCUT2D eigenvalue weighted by atomic mass is 10.2. The zero-order valence-corrected chi connectivity index (χ0v) is 12.1. The van der Waals surface area contributed by atoms with Crippen molar-refractivity contribution in [2.24, 2.45) is 0 Å². The molecular weight excluding hydrogens is 320 g/mol. The van der Waals surface area contributed by atoms with Crippen molar-refractivity contribution in [3.63, 3.8) is 0 Å². The molecule has 0 bridgehead atoms. The fourth-order valence-corrected chi connectivity index (χ4v) is 2.23. The van der Waals surface area contributed by atoms with E-state index in [9.17, 15) is 4.79 Å². The zero-order valence-electron chi connectivity index (χ0n) is 10.5. The van der Waals surface area contributed by atoms with E-state index in [1.54, 1.807) is 12.1 Å². The van der Waals surface area contributed by atoms with Gasteiger partial charge in [-0.05, 0) is 29.8 Å². The highest BCUT2D eigenvalue weighted by molar-refractivity contribution is 9.10. The van der Waals surface area contributed by atoms with Gasteiger partial charge in [-0.3, -0.25) is 4.79 Å². The first-order valence-electron chi connectivity index (χ1n) is 6.12. The number of rotatable bonds is 3. The molecule has 100 valence electrons. The molecule has 1 aromatic heterocycles. The fraction of sp³-hybridized carbons (Fsp3) is 0.0625. The van der Waals surface area contributed by atoms with E-state index in [4.69, 9.17) is 9.15 Å². The van der Waals surface area contributed by atoms with Crippen molar-refractivity contribution in [2.45, 2.75) is 6.61 Å². The summed E-state index contributed by atoms with van der Waals surface area (Å²) in [5.74, 6) is 0.541. The first-order valence-corrected chi connectivity index (χ1v) is 6.91. The van der Waals surface area contributed by atoms with Gasteiger partial charge in [0.15, 0.2) is 5.43 Å². The van der Waals surface area contributed by atoms with Crippen molar-refractivity contribution in [1.82, 2.24) is 0 Å². The Balaban J connectivity index is 1.91. The van der Waals surface area contributed by atoms with Crippen LogP contribution in [0.25, 0.3) is 11.0 Å². The number of hydrogen-bond acceptors (Lipinski definition) is 3. The Morgan fingerprint density at radius 3 is 2.65 bits per heavy atom. The van der Waals surface area contributed by atoms with Gasteiger partial charge in [-0.1, -0.05) is 34.1 Å². The summed E-state index contributed by atoms with van der Waals surface area (Å²) in [5, 5.41) is 0.479. The molecule has 4 heteroatoms. The van der Waals surface area contributed by atoms with Crippen LogP contribution >= 0.6 is 15.9 Å². The molecule has 0 spiro atoms. The van der Waals surface area contributed by atoms with Crippen LogP contribution in [0.4, 0.5) is 0 Å². The van der Waals surface area contributed by atoms with Gasteiger partial charge in [-0.2, -0.15) is 0 Å². The van der Waals surface area contributed by atoms with Crippen molar-refractivity contribution in [3.05, 3.63) is 75.1 Å². The summed E-state index contributed by atoms with van der Waals surface area (Å²) in [5.41, 5.74) is 1.47. The molecule has 20 heavy (non-hydrogen) atoms. The fourth-order valence-electron chi connectivity index (χ4n) is 1.97. The average Bonchev–Trinajstić information content (AvgIpc) is 2.47. The largest absolute Gasteiger partial charge is 0.488 e. The van der Waals surface area contributed by atoms with Gasteiger partial charge in [0, 0.05) is 10.5 Å². The second-order valence-corrected chi connectivity index (χ2v) is 5.24. The van der Waals surface area contributed by atoms with E-state index < -0.39 is 0 Å². The first-order chi connectivity index (χ1) is 9.74. The van der Waals surface area contributed by atoms with E-state index in [0.717, 1.165) is 10.0 Å². The van der Waals surface area contributed by atoms with Gasteiger partial charge in [0.1, 0.15) is 23.3 Å². The maximum absolute atomic E-state index is 11.9. The molecule has 0 saturated carbocycles. The number of ether oxygens (including phenoxy) is 1. The first kappa shape index (κ1) is 12.9. The standard InChI is InChI=1S/C16H11BrO3/c17-12-6-4-11(5-7-12)10-20-15-3-1-2-14-16(15)13(18)8-9-19-14/h1-9H,10H2. The van der Waals surface area contributed by atoms with Gasteiger partial charge >= 0.3 is 0 Å². The summed E-state index contributed by atoms with van der Waals surface area (Å²) in [6.45, 7) is 0.403.